The lowest BCUT2D eigenvalue weighted by Crippen LogP contribution is -2.38. The van der Waals surface area contributed by atoms with Gasteiger partial charge >= 0.3 is 0 Å². The number of nitrogens with one attached hydrogen (secondary N) is 2. The molecule has 2 aliphatic heterocycles. The summed E-state index contributed by atoms with van der Waals surface area (Å²) in [5.74, 6) is 0.959. The summed E-state index contributed by atoms with van der Waals surface area (Å²) in [7, 11) is 0. The van der Waals surface area contributed by atoms with Crippen LogP contribution in [0.1, 0.15) is 42.5 Å². The zero-order valence-electron chi connectivity index (χ0n) is 11.2. The predicted octanol–water partition coefficient (Wildman–Crippen LogP) is 3.07. The third-order valence-corrected chi connectivity index (χ3v) is 5.58. The number of aryl methyl sites for hydroxylation is 1. The molecule has 18 heavy (non-hydrogen) atoms. The first-order valence-corrected chi connectivity index (χ1v) is 8.19. The van der Waals surface area contributed by atoms with Crippen molar-refractivity contribution in [3.63, 3.8) is 0 Å². The van der Waals surface area contributed by atoms with Crippen LogP contribution in [0.15, 0.2) is 11.4 Å². The summed E-state index contributed by atoms with van der Waals surface area (Å²) in [6, 6.07) is 3.90. The van der Waals surface area contributed by atoms with Crippen LogP contribution in [-0.2, 0) is 6.54 Å². The van der Waals surface area contributed by atoms with Crippen molar-refractivity contribution in [1.82, 2.24) is 10.6 Å². The minimum Gasteiger partial charge on any atom is -0.312 e. The van der Waals surface area contributed by atoms with Gasteiger partial charge in [0.2, 0.25) is 0 Å². The molecule has 1 aromatic rings. The fraction of sp³-hybridized carbons (Fsp3) is 0.733. The molecule has 2 fully saturated rings. The molecule has 0 aromatic carbocycles. The lowest BCUT2D eigenvalue weighted by atomic mass is 9.90. The molecule has 2 aliphatic rings. The van der Waals surface area contributed by atoms with Crippen molar-refractivity contribution in [3.8, 4) is 0 Å². The van der Waals surface area contributed by atoms with Gasteiger partial charge in [-0.2, -0.15) is 0 Å². The van der Waals surface area contributed by atoms with Crippen molar-refractivity contribution in [2.24, 2.45) is 5.92 Å². The highest BCUT2D eigenvalue weighted by Gasteiger charge is 2.32. The van der Waals surface area contributed by atoms with Gasteiger partial charge in [-0.3, -0.25) is 0 Å². The first kappa shape index (κ1) is 12.6. The number of fused-ring (bicyclic) bond motifs is 2. The van der Waals surface area contributed by atoms with E-state index in [0.29, 0.717) is 0 Å². The molecule has 2 unspecified atom stereocenters. The van der Waals surface area contributed by atoms with E-state index in [4.69, 9.17) is 0 Å². The summed E-state index contributed by atoms with van der Waals surface area (Å²) in [5.41, 5.74) is 1.44. The van der Waals surface area contributed by atoms with Crippen LogP contribution in [0, 0.1) is 12.8 Å². The third kappa shape index (κ3) is 2.95. The van der Waals surface area contributed by atoms with Gasteiger partial charge in [-0.15, -0.1) is 11.3 Å². The van der Waals surface area contributed by atoms with Crippen LogP contribution in [0.2, 0.25) is 0 Å². The number of rotatable bonds is 5. The highest BCUT2D eigenvalue weighted by atomic mass is 32.1. The fourth-order valence-corrected chi connectivity index (χ4v) is 4.38. The number of hydrogen-bond donors (Lipinski definition) is 2. The van der Waals surface area contributed by atoms with Crippen molar-refractivity contribution in [1.29, 1.82) is 0 Å². The molecule has 3 rings (SSSR count). The van der Waals surface area contributed by atoms with Crippen LogP contribution in [0.25, 0.3) is 0 Å². The van der Waals surface area contributed by atoms with Crippen LogP contribution < -0.4 is 10.6 Å². The van der Waals surface area contributed by atoms with Crippen molar-refractivity contribution >= 4 is 11.3 Å². The van der Waals surface area contributed by atoms with Gasteiger partial charge in [0.25, 0.3) is 0 Å². The van der Waals surface area contributed by atoms with Crippen LogP contribution in [0.4, 0.5) is 0 Å². The Morgan fingerprint density at radius 3 is 2.78 bits per heavy atom. The second-order valence-electron chi connectivity index (χ2n) is 5.97. The molecule has 2 atom stereocenters. The molecule has 1 aromatic heterocycles. The van der Waals surface area contributed by atoms with Crippen LogP contribution in [0.5, 0.6) is 0 Å². The average Bonchev–Trinajstić information content (AvgIpc) is 2.92. The Kier molecular flexibility index (Phi) is 4.02. The third-order valence-electron chi connectivity index (χ3n) is 4.55. The molecular formula is C15H24N2S. The Morgan fingerprint density at radius 2 is 2.11 bits per heavy atom. The normalized spacial score (nSPS) is 30.8. The van der Waals surface area contributed by atoms with E-state index in [2.05, 4.69) is 29.0 Å². The number of piperidine rings is 1. The SMILES string of the molecule is Cc1ccsc1CNCCC1CC2CCC(C1)N2. The van der Waals surface area contributed by atoms with Gasteiger partial charge in [-0.05, 0) is 68.5 Å². The molecule has 0 spiro atoms. The standard InChI is InChI=1S/C15H24N2S/c1-11-5-7-18-15(11)10-16-6-4-12-8-13-2-3-14(9-12)17-13/h5,7,12-14,16-17H,2-4,6,8-10H2,1H3. The second kappa shape index (κ2) is 5.72. The first-order valence-electron chi connectivity index (χ1n) is 7.31. The molecule has 0 saturated carbocycles. The second-order valence-corrected chi connectivity index (χ2v) is 6.97. The van der Waals surface area contributed by atoms with Crippen molar-refractivity contribution in [2.45, 2.75) is 57.7 Å². The van der Waals surface area contributed by atoms with E-state index in [1.54, 1.807) is 0 Å². The lowest BCUT2D eigenvalue weighted by molar-refractivity contribution is 0.283. The molecule has 2 bridgehead atoms. The maximum atomic E-state index is 3.72. The molecular weight excluding hydrogens is 240 g/mol. The van der Waals surface area contributed by atoms with Crippen LogP contribution in [-0.4, -0.2) is 18.6 Å². The van der Waals surface area contributed by atoms with E-state index < -0.39 is 0 Å². The molecule has 100 valence electrons. The molecule has 2 saturated heterocycles. The van der Waals surface area contributed by atoms with E-state index >= 15 is 0 Å². The van der Waals surface area contributed by atoms with Gasteiger partial charge in [0.1, 0.15) is 0 Å². The molecule has 0 amide bonds. The minimum atomic E-state index is 0.841. The maximum Gasteiger partial charge on any atom is 0.0302 e. The fourth-order valence-electron chi connectivity index (χ4n) is 3.50. The largest absolute Gasteiger partial charge is 0.312 e. The summed E-state index contributed by atoms with van der Waals surface area (Å²) < 4.78 is 0. The van der Waals surface area contributed by atoms with Gasteiger partial charge in [-0.25, -0.2) is 0 Å². The molecule has 0 radical (unpaired) electrons. The van der Waals surface area contributed by atoms with Crippen molar-refractivity contribution < 1.29 is 0 Å². The topological polar surface area (TPSA) is 24.1 Å². The van der Waals surface area contributed by atoms with E-state index in [0.717, 1.165) is 24.5 Å². The van der Waals surface area contributed by atoms with Crippen molar-refractivity contribution in [3.05, 3.63) is 21.9 Å². The zero-order chi connectivity index (χ0) is 12.4. The Labute approximate surface area is 114 Å². The summed E-state index contributed by atoms with van der Waals surface area (Å²) in [6.45, 7) is 4.45. The smallest absolute Gasteiger partial charge is 0.0302 e. The highest BCUT2D eigenvalue weighted by Crippen LogP contribution is 2.32. The van der Waals surface area contributed by atoms with Crippen LogP contribution in [0.3, 0.4) is 0 Å². The molecule has 3 heteroatoms. The Hall–Kier alpha value is -0.380. The van der Waals surface area contributed by atoms with E-state index in [9.17, 15) is 0 Å². The van der Waals surface area contributed by atoms with Crippen LogP contribution >= 0.6 is 11.3 Å². The summed E-state index contributed by atoms with van der Waals surface area (Å²) in [4.78, 5) is 1.50. The average molecular weight is 264 g/mol. The first-order chi connectivity index (χ1) is 8.81. The summed E-state index contributed by atoms with van der Waals surface area (Å²) in [5, 5.41) is 9.53. The Morgan fingerprint density at radius 1 is 1.33 bits per heavy atom. The summed E-state index contributed by atoms with van der Waals surface area (Å²) >= 11 is 1.87. The lowest BCUT2D eigenvalue weighted by Gasteiger charge is -2.29. The molecule has 3 heterocycles. The van der Waals surface area contributed by atoms with Gasteiger partial charge in [0.15, 0.2) is 0 Å². The molecule has 2 N–H and O–H groups in total. The van der Waals surface area contributed by atoms with Gasteiger partial charge in [-0.1, -0.05) is 0 Å². The van der Waals surface area contributed by atoms with E-state index in [1.165, 1.54) is 49.1 Å². The molecule has 2 nitrogen and oxygen atoms in total. The predicted molar refractivity (Wildman–Crippen MR) is 78.0 cm³/mol. The molecule has 0 aliphatic carbocycles. The Balaban J connectivity index is 1.36. The zero-order valence-corrected chi connectivity index (χ0v) is 12.1. The Bertz CT molecular complexity index is 376. The maximum absolute atomic E-state index is 3.72. The monoisotopic (exact) mass is 264 g/mol. The quantitative estimate of drug-likeness (QED) is 0.799. The van der Waals surface area contributed by atoms with Gasteiger partial charge in [0.05, 0.1) is 0 Å². The van der Waals surface area contributed by atoms with Gasteiger partial charge in [0, 0.05) is 23.5 Å². The number of hydrogen-bond acceptors (Lipinski definition) is 3. The summed E-state index contributed by atoms with van der Waals surface area (Å²) in [6.07, 6.45) is 7.03. The number of thiophene rings is 1. The van der Waals surface area contributed by atoms with Gasteiger partial charge < -0.3 is 10.6 Å². The van der Waals surface area contributed by atoms with E-state index in [-0.39, 0.29) is 0 Å². The van der Waals surface area contributed by atoms with E-state index in [1.807, 2.05) is 11.3 Å². The highest BCUT2D eigenvalue weighted by molar-refractivity contribution is 7.10. The van der Waals surface area contributed by atoms with Crippen molar-refractivity contribution in [2.75, 3.05) is 6.54 Å². The minimum absolute atomic E-state index is 0.841.